The topological polar surface area (TPSA) is 70.1 Å². The van der Waals surface area contributed by atoms with Gasteiger partial charge in [0.15, 0.2) is 4.34 Å². The number of nitrogens with one attached hydrogen (secondary N) is 2. The maximum atomic E-state index is 12.3. The molecule has 2 N–H and O–H groups in total. The molecule has 2 heterocycles. The molecule has 1 saturated heterocycles. The van der Waals surface area contributed by atoms with Crippen LogP contribution in [0.15, 0.2) is 28.6 Å². The highest BCUT2D eigenvalue weighted by Gasteiger charge is 2.16. The molecule has 0 radical (unpaired) electrons. The van der Waals surface area contributed by atoms with Gasteiger partial charge in [-0.3, -0.25) is 4.79 Å². The number of carbonyl (C=O) groups is 1. The fourth-order valence-electron chi connectivity index (χ4n) is 3.98. The van der Waals surface area contributed by atoms with Gasteiger partial charge < -0.3 is 15.5 Å². The summed E-state index contributed by atoms with van der Waals surface area (Å²) in [5.41, 5.74) is 2.08. The number of rotatable bonds is 7. The van der Waals surface area contributed by atoms with Crippen LogP contribution >= 0.6 is 23.1 Å². The Labute approximate surface area is 180 Å². The predicted molar refractivity (Wildman–Crippen MR) is 122 cm³/mol. The van der Waals surface area contributed by atoms with Gasteiger partial charge in [0.05, 0.1) is 5.75 Å². The zero-order valence-electron chi connectivity index (χ0n) is 16.7. The van der Waals surface area contributed by atoms with E-state index in [1.54, 1.807) is 0 Å². The van der Waals surface area contributed by atoms with Crippen LogP contribution in [0.1, 0.15) is 51.4 Å². The highest BCUT2D eigenvalue weighted by atomic mass is 32.2. The van der Waals surface area contributed by atoms with Crippen LogP contribution in [0.5, 0.6) is 0 Å². The van der Waals surface area contributed by atoms with E-state index in [2.05, 4.69) is 37.9 Å². The Morgan fingerprint density at radius 3 is 2.52 bits per heavy atom. The number of amides is 1. The number of piperidine rings is 1. The minimum Gasteiger partial charge on any atom is -0.372 e. The van der Waals surface area contributed by atoms with E-state index in [4.69, 9.17) is 0 Å². The third-order valence-corrected chi connectivity index (χ3v) is 7.53. The van der Waals surface area contributed by atoms with Gasteiger partial charge in [-0.05, 0) is 56.4 Å². The van der Waals surface area contributed by atoms with Crippen LogP contribution < -0.4 is 15.5 Å². The van der Waals surface area contributed by atoms with Gasteiger partial charge in [-0.25, -0.2) is 0 Å². The first-order chi connectivity index (χ1) is 14.3. The number of hydrogen-bond donors (Lipinski definition) is 2. The van der Waals surface area contributed by atoms with E-state index in [1.165, 1.54) is 80.2 Å². The molecule has 4 rings (SSSR count). The standard InChI is InChI=1S/C21H29N5OS2/c27-19(22-17-9-11-18(12-10-17)26-13-5-2-6-14-26)15-28-21-25-24-20(29-21)23-16-7-3-1-4-8-16/h9-12,16H,1-8,13-15H2,(H,22,27)(H,23,24). The Bertz CT molecular complexity index is 783. The molecule has 0 unspecified atom stereocenters. The van der Waals surface area contributed by atoms with Gasteiger partial charge in [0.1, 0.15) is 0 Å². The van der Waals surface area contributed by atoms with E-state index in [9.17, 15) is 4.79 Å². The summed E-state index contributed by atoms with van der Waals surface area (Å²) in [6.07, 6.45) is 10.2. The maximum Gasteiger partial charge on any atom is 0.234 e. The second-order valence-corrected chi connectivity index (χ2v) is 9.98. The Morgan fingerprint density at radius 1 is 1.03 bits per heavy atom. The lowest BCUT2D eigenvalue weighted by Crippen LogP contribution is -2.29. The zero-order valence-corrected chi connectivity index (χ0v) is 18.4. The summed E-state index contributed by atoms with van der Waals surface area (Å²) in [6, 6.07) is 8.70. The third-order valence-electron chi connectivity index (χ3n) is 5.54. The monoisotopic (exact) mass is 431 g/mol. The molecule has 1 aliphatic heterocycles. The average molecular weight is 432 g/mol. The van der Waals surface area contributed by atoms with E-state index in [0.717, 1.165) is 28.2 Å². The number of carbonyl (C=O) groups excluding carboxylic acids is 1. The van der Waals surface area contributed by atoms with E-state index < -0.39 is 0 Å². The molecule has 8 heteroatoms. The van der Waals surface area contributed by atoms with Crippen molar-refractivity contribution >= 4 is 45.5 Å². The Morgan fingerprint density at radius 2 is 1.76 bits per heavy atom. The normalized spacial score (nSPS) is 17.9. The van der Waals surface area contributed by atoms with Crippen molar-refractivity contribution in [3.8, 4) is 0 Å². The molecule has 0 bridgehead atoms. The largest absolute Gasteiger partial charge is 0.372 e. The number of hydrogen-bond acceptors (Lipinski definition) is 7. The van der Waals surface area contributed by atoms with Crippen molar-refractivity contribution in [2.24, 2.45) is 0 Å². The minimum atomic E-state index is -0.0160. The highest BCUT2D eigenvalue weighted by molar-refractivity contribution is 8.01. The molecule has 1 saturated carbocycles. The van der Waals surface area contributed by atoms with Crippen molar-refractivity contribution in [1.29, 1.82) is 0 Å². The zero-order chi connectivity index (χ0) is 19.9. The van der Waals surface area contributed by atoms with Crippen LogP contribution in [0.4, 0.5) is 16.5 Å². The molecule has 2 aliphatic rings. The average Bonchev–Trinajstić information content (AvgIpc) is 3.21. The summed E-state index contributed by atoms with van der Waals surface area (Å²) < 4.78 is 0.832. The summed E-state index contributed by atoms with van der Waals surface area (Å²) in [6.45, 7) is 2.25. The predicted octanol–water partition coefficient (Wildman–Crippen LogP) is 5.00. The Hall–Kier alpha value is -1.80. The molecule has 1 amide bonds. The third kappa shape index (κ3) is 6.09. The van der Waals surface area contributed by atoms with E-state index in [1.807, 2.05) is 12.1 Å². The fraction of sp³-hybridized carbons (Fsp3) is 0.571. The van der Waals surface area contributed by atoms with Crippen LogP contribution in [-0.4, -0.2) is 41.0 Å². The minimum absolute atomic E-state index is 0.0160. The summed E-state index contributed by atoms with van der Waals surface area (Å²) >= 11 is 2.98. The molecule has 1 aromatic carbocycles. The van der Waals surface area contributed by atoms with Gasteiger partial charge in [-0.2, -0.15) is 0 Å². The molecular formula is C21H29N5OS2. The summed E-state index contributed by atoms with van der Waals surface area (Å²) in [5.74, 6) is 0.323. The van der Waals surface area contributed by atoms with Gasteiger partial charge in [0, 0.05) is 30.5 Å². The molecule has 2 aromatic rings. The highest BCUT2D eigenvalue weighted by Crippen LogP contribution is 2.28. The quantitative estimate of drug-likeness (QED) is 0.601. The van der Waals surface area contributed by atoms with Gasteiger partial charge in [0.25, 0.3) is 0 Å². The van der Waals surface area contributed by atoms with Gasteiger partial charge in [-0.1, -0.05) is 42.4 Å². The molecule has 156 valence electrons. The van der Waals surface area contributed by atoms with Crippen LogP contribution in [0.3, 0.4) is 0 Å². The first-order valence-corrected chi connectivity index (χ1v) is 12.4. The van der Waals surface area contributed by atoms with Gasteiger partial charge in [-0.15, -0.1) is 10.2 Å². The smallest absolute Gasteiger partial charge is 0.234 e. The molecule has 1 aromatic heterocycles. The number of anilines is 3. The van der Waals surface area contributed by atoms with E-state index in [0.29, 0.717) is 11.8 Å². The van der Waals surface area contributed by atoms with Gasteiger partial charge >= 0.3 is 0 Å². The van der Waals surface area contributed by atoms with Gasteiger partial charge in [0.2, 0.25) is 11.0 Å². The summed E-state index contributed by atoms with van der Waals surface area (Å²) in [7, 11) is 0. The fourth-order valence-corrected chi connectivity index (χ4v) is 5.61. The lowest BCUT2D eigenvalue weighted by Gasteiger charge is -2.28. The Kier molecular flexibility index (Phi) is 7.27. The number of thioether (sulfide) groups is 1. The summed E-state index contributed by atoms with van der Waals surface area (Å²) in [4.78, 5) is 14.7. The lowest BCUT2D eigenvalue weighted by atomic mass is 9.96. The number of aromatic nitrogens is 2. The van der Waals surface area contributed by atoms with Crippen LogP contribution in [0.2, 0.25) is 0 Å². The van der Waals surface area contributed by atoms with Crippen LogP contribution in [0.25, 0.3) is 0 Å². The SMILES string of the molecule is O=C(CSc1nnc(NC2CCCCC2)s1)Nc1ccc(N2CCCCC2)cc1. The molecule has 6 nitrogen and oxygen atoms in total. The van der Waals surface area contributed by atoms with Crippen LogP contribution in [0, 0.1) is 0 Å². The van der Waals surface area contributed by atoms with E-state index in [-0.39, 0.29) is 5.91 Å². The van der Waals surface area contributed by atoms with Crippen molar-refractivity contribution in [3.63, 3.8) is 0 Å². The molecule has 29 heavy (non-hydrogen) atoms. The van der Waals surface area contributed by atoms with Crippen molar-refractivity contribution < 1.29 is 4.79 Å². The molecule has 2 fully saturated rings. The maximum absolute atomic E-state index is 12.3. The van der Waals surface area contributed by atoms with E-state index >= 15 is 0 Å². The number of nitrogens with zero attached hydrogens (tertiary/aromatic N) is 3. The first kappa shape index (κ1) is 20.5. The molecule has 1 aliphatic carbocycles. The molecule has 0 atom stereocenters. The van der Waals surface area contributed by atoms with Crippen molar-refractivity contribution in [2.45, 2.75) is 61.7 Å². The second kappa shape index (κ2) is 10.3. The molecular weight excluding hydrogens is 402 g/mol. The van der Waals surface area contributed by atoms with Crippen molar-refractivity contribution in [3.05, 3.63) is 24.3 Å². The second-order valence-electron chi connectivity index (χ2n) is 7.78. The summed E-state index contributed by atoms with van der Waals surface area (Å²) in [5, 5.41) is 15.8. The van der Waals surface area contributed by atoms with Crippen molar-refractivity contribution in [1.82, 2.24) is 10.2 Å². The lowest BCUT2D eigenvalue weighted by molar-refractivity contribution is -0.113. The Balaban J connectivity index is 1.21. The van der Waals surface area contributed by atoms with Crippen molar-refractivity contribution in [2.75, 3.05) is 34.4 Å². The molecule has 0 spiro atoms. The first-order valence-electron chi connectivity index (χ1n) is 10.6. The van der Waals surface area contributed by atoms with Crippen LogP contribution in [-0.2, 0) is 4.79 Å². The number of benzene rings is 1.